The Morgan fingerprint density at radius 3 is 2.59 bits per heavy atom. The molecular formula is C19H23ClO7. The van der Waals surface area contributed by atoms with Crippen molar-refractivity contribution in [2.24, 2.45) is 0 Å². The highest BCUT2D eigenvalue weighted by atomic mass is 35.5. The molecule has 0 radical (unpaired) electrons. The van der Waals surface area contributed by atoms with Crippen molar-refractivity contribution >= 4 is 23.6 Å². The minimum absolute atomic E-state index is 0.0226. The Hall–Kier alpha value is -2.06. The van der Waals surface area contributed by atoms with Gasteiger partial charge in [0.2, 0.25) is 0 Å². The Morgan fingerprint density at radius 2 is 1.93 bits per heavy atom. The number of rotatable bonds is 1. The number of carbonyl (C=O) groups excluding carboxylic acids is 1. The molecule has 0 spiro atoms. The summed E-state index contributed by atoms with van der Waals surface area (Å²) in [4.78, 5) is 12.6. The molecule has 1 aromatic rings. The molecule has 0 saturated carbocycles. The van der Waals surface area contributed by atoms with Crippen LogP contribution >= 0.6 is 11.6 Å². The molecular weight excluding hydrogens is 376 g/mol. The van der Waals surface area contributed by atoms with Crippen LogP contribution < -0.4 is 4.74 Å². The van der Waals surface area contributed by atoms with Crippen molar-refractivity contribution in [3.63, 3.8) is 0 Å². The predicted octanol–water partition coefficient (Wildman–Crippen LogP) is 2.05. The van der Waals surface area contributed by atoms with Crippen molar-refractivity contribution in [1.29, 1.82) is 0 Å². The molecule has 1 aliphatic heterocycles. The highest BCUT2D eigenvalue weighted by molar-refractivity contribution is 6.34. The van der Waals surface area contributed by atoms with Gasteiger partial charge in [0.25, 0.3) is 0 Å². The fraction of sp³-hybridized carbons (Fsp3) is 0.421. The smallest absolute Gasteiger partial charge is 0.342 e. The second-order valence-corrected chi connectivity index (χ2v) is 6.64. The normalized spacial score (nSPS) is 26.8. The maximum absolute atomic E-state index is 12.6. The van der Waals surface area contributed by atoms with Crippen molar-refractivity contribution in [3.05, 3.63) is 40.4 Å². The van der Waals surface area contributed by atoms with Gasteiger partial charge in [0.15, 0.2) is 0 Å². The highest BCUT2D eigenvalue weighted by Crippen LogP contribution is 2.38. The average molecular weight is 399 g/mol. The van der Waals surface area contributed by atoms with E-state index < -0.39 is 30.4 Å². The van der Waals surface area contributed by atoms with E-state index in [9.17, 15) is 25.2 Å². The van der Waals surface area contributed by atoms with Crippen LogP contribution in [0.15, 0.2) is 24.3 Å². The van der Waals surface area contributed by atoms with Crippen LogP contribution in [0.5, 0.6) is 11.5 Å². The van der Waals surface area contributed by atoms with E-state index in [1.54, 1.807) is 13.0 Å². The Morgan fingerprint density at radius 1 is 1.22 bits per heavy atom. The second kappa shape index (κ2) is 9.23. The molecule has 4 atom stereocenters. The van der Waals surface area contributed by atoms with Gasteiger partial charge in [-0.3, -0.25) is 0 Å². The topological polar surface area (TPSA) is 116 Å². The lowest BCUT2D eigenvalue weighted by molar-refractivity contribution is -0.0394. The van der Waals surface area contributed by atoms with Crippen molar-refractivity contribution in [3.8, 4) is 11.5 Å². The largest absolute Gasteiger partial charge is 0.507 e. The number of halogens is 1. The molecule has 0 saturated heterocycles. The van der Waals surface area contributed by atoms with Crippen LogP contribution in [0, 0.1) is 0 Å². The van der Waals surface area contributed by atoms with E-state index in [1.165, 1.54) is 31.4 Å². The SMILES string of the molecule is COc1cc(O)c2c(c1Cl)C=CC[C@H](O)[C@H](O)[C@H](O)C=CC[C@H](C)OC2=O. The zero-order valence-corrected chi connectivity index (χ0v) is 15.8. The number of carbonyl (C=O) groups is 1. The second-order valence-electron chi connectivity index (χ2n) is 6.27. The van der Waals surface area contributed by atoms with Gasteiger partial charge in [-0.25, -0.2) is 4.79 Å². The zero-order valence-electron chi connectivity index (χ0n) is 15.0. The molecule has 1 heterocycles. The number of aliphatic hydroxyl groups is 3. The maximum Gasteiger partial charge on any atom is 0.342 e. The van der Waals surface area contributed by atoms with Gasteiger partial charge in [0.05, 0.1) is 18.2 Å². The van der Waals surface area contributed by atoms with Crippen molar-refractivity contribution in [1.82, 2.24) is 0 Å². The lowest BCUT2D eigenvalue weighted by Gasteiger charge is -2.21. The number of aromatic hydroxyl groups is 1. The summed E-state index contributed by atoms with van der Waals surface area (Å²) in [5.74, 6) is -0.957. The van der Waals surface area contributed by atoms with Crippen molar-refractivity contribution in [2.75, 3.05) is 7.11 Å². The van der Waals surface area contributed by atoms with Gasteiger partial charge in [0, 0.05) is 18.1 Å². The van der Waals surface area contributed by atoms with E-state index in [1.807, 2.05) is 0 Å². The number of hydrogen-bond donors (Lipinski definition) is 4. The first-order chi connectivity index (χ1) is 12.8. The number of phenols is 1. The van der Waals surface area contributed by atoms with Crippen LogP contribution in [0.1, 0.15) is 35.7 Å². The standard InChI is InChI=1S/C19H23ClO7/c1-10-5-3-7-12(21)18(24)13(22)8-4-6-11-16(19(25)27-10)14(23)9-15(26-2)17(11)20/h3-4,6-7,9-10,12-13,18,21-24H,5,8H2,1-2H3/t10-,12+,13-,18+/m0/s1. The summed E-state index contributed by atoms with van der Waals surface area (Å²) in [5.41, 5.74) is 0.0422. The van der Waals surface area contributed by atoms with Gasteiger partial charge < -0.3 is 29.9 Å². The Balaban J connectivity index is 2.52. The first-order valence-corrected chi connectivity index (χ1v) is 8.81. The minimum Gasteiger partial charge on any atom is -0.507 e. The maximum atomic E-state index is 12.6. The van der Waals surface area contributed by atoms with Gasteiger partial charge >= 0.3 is 5.97 Å². The summed E-state index contributed by atoms with van der Waals surface area (Å²) in [6.07, 6.45) is 1.55. The number of methoxy groups -OCH3 is 1. The average Bonchev–Trinajstić information content (AvgIpc) is 2.62. The predicted molar refractivity (Wildman–Crippen MR) is 100.0 cm³/mol. The van der Waals surface area contributed by atoms with Crippen LogP contribution in [-0.2, 0) is 4.74 Å². The molecule has 148 valence electrons. The molecule has 1 aromatic carbocycles. The van der Waals surface area contributed by atoms with Gasteiger partial charge in [0.1, 0.15) is 35.4 Å². The first kappa shape index (κ1) is 21.2. The van der Waals surface area contributed by atoms with Crippen LogP contribution in [0.2, 0.25) is 5.02 Å². The molecule has 2 rings (SSSR count). The summed E-state index contributed by atoms with van der Waals surface area (Å²) in [7, 11) is 1.37. The molecule has 4 N–H and O–H groups in total. The Kier molecular flexibility index (Phi) is 7.26. The van der Waals surface area contributed by atoms with E-state index in [0.717, 1.165) is 0 Å². The summed E-state index contributed by atoms with van der Waals surface area (Å²) in [6.45, 7) is 1.64. The molecule has 0 unspecified atom stereocenters. The molecule has 0 fully saturated rings. The van der Waals surface area contributed by atoms with Crippen LogP contribution in [-0.4, -0.2) is 57.9 Å². The number of phenolic OH excluding ortho intramolecular Hbond substituents is 1. The molecule has 27 heavy (non-hydrogen) atoms. The fourth-order valence-corrected chi connectivity index (χ4v) is 2.95. The Labute approximate surface area is 162 Å². The summed E-state index contributed by atoms with van der Waals surface area (Å²) in [5, 5.41) is 40.3. The number of cyclic esters (lactones) is 1. The third-order valence-electron chi connectivity index (χ3n) is 4.19. The van der Waals surface area contributed by atoms with Gasteiger partial charge in [-0.15, -0.1) is 0 Å². The highest BCUT2D eigenvalue weighted by Gasteiger charge is 2.25. The summed E-state index contributed by atoms with van der Waals surface area (Å²) < 4.78 is 10.4. The number of hydrogen-bond acceptors (Lipinski definition) is 7. The molecule has 0 aromatic heterocycles. The summed E-state index contributed by atoms with van der Waals surface area (Å²) in [6, 6.07) is 1.22. The van der Waals surface area contributed by atoms with Crippen molar-refractivity contribution < 1.29 is 34.7 Å². The number of aliphatic hydroxyl groups excluding tert-OH is 3. The van der Waals surface area contributed by atoms with Gasteiger partial charge in [-0.05, 0) is 13.3 Å². The molecule has 0 bridgehead atoms. The minimum atomic E-state index is -1.39. The molecule has 0 amide bonds. The van der Waals surface area contributed by atoms with E-state index in [4.69, 9.17) is 21.1 Å². The van der Waals surface area contributed by atoms with Gasteiger partial charge in [-0.1, -0.05) is 35.9 Å². The van der Waals surface area contributed by atoms with Crippen molar-refractivity contribution in [2.45, 2.75) is 44.2 Å². The number of benzene rings is 1. The monoisotopic (exact) mass is 398 g/mol. The lowest BCUT2D eigenvalue weighted by atomic mass is 10.0. The quantitative estimate of drug-likeness (QED) is 0.422. The number of esters is 1. The van der Waals surface area contributed by atoms with E-state index in [0.29, 0.717) is 0 Å². The zero-order chi connectivity index (χ0) is 20.1. The third-order valence-corrected chi connectivity index (χ3v) is 4.58. The third kappa shape index (κ3) is 5.01. The van der Waals surface area contributed by atoms with E-state index >= 15 is 0 Å². The molecule has 1 aliphatic rings. The van der Waals surface area contributed by atoms with Crippen LogP contribution in [0.4, 0.5) is 0 Å². The van der Waals surface area contributed by atoms with Crippen LogP contribution in [0.25, 0.3) is 6.08 Å². The molecule has 8 heteroatoms. The Bertz CT molecular complexity index is 744. The van der Waals surface area contributed by atoms with E-state index in [2.05, 4.69) is 0 Å². The number of ether oxygens (including phenoxy) is 2. The van der Waals surface area contributed by atoms with Gasteiger partial charge in [-0.2, -0.15) is 0 Å². The first-order valence-electron chi connectivity index (χ1n) is 8.44. The molecule has 0 aliphatic carbocycles. The van der Waals surface area contributed by atoms with E-state index in [-0.39, 0.29) is 40.5 Å². The fourth-order valence-electron chi connectivity index (χ4n) is 2.67. The van der Waals surface area contributed by atoms with Crippen LogP contribution in [0.3, 0.4) is 0 Å². The molecule has 7 nitrogen and oxygen atoms in total. The lowest BCUT2D eigenvalue weighted by Crippen LogP contribution is -2.35. The number of fused-ring (bicyclic) bond motifs is 1. The summed E-state index contributed by atoms with van der Waals surface area (Å²) >= 11 is 6.28.